The van der Waals surface area contributed by atoms with Crippen LogP contribution in [-0.4, -0.2) is 13.2 Å². The lowest BCUT2D eigenvalue weighted by molar-refractivity contribution is 0.294. The molecule has 1 aliphatic rings. The molecule has 1 aliphatic carbocycles. The van der Waals surface area contributed by atoms with Crippen molar-refractivity contribution in [3.63, 3.8) is 0 Å². The van der Waals surface area contributed by atoms with E-state index in [9.17, 15) is 4.39 Å². The molecule has 3 unspecified atom stereocenters. The average Bonchev–Trinajstić information content (AvgIpc) is 2.84. The molecule has 3 N–H and O–H groups in total. The van der Waals surface area contributed by atoms with Gasteiger partial charge >= 0.3 is 0 Å². The van der Waals surface area contributed by atoms with E-state index >= 15 is 0 Å². The van der Waals surface area contributed by atoms with Gasteiger partial charge in [0.05, 0.1) is 7.11 Å². The third-order valence-electron chi connectivity index (χ3n) is 4.36. The molecule has 1 saturated carbocycles. The Morgan fingerprint density at radius 1 is 1.47 bits per heavy atom. The summed E-state index contributed by atoms with van der Waals surface area (Å²) < 4.78 is 19.2. The van der Waals surface area contributed by atoms with Crippen LogP contribution in [-0.2, 0) is 6.42 Å². The van der Waals surface area contributed by atoms with E-state index in [4.69, 9.17) is 10.6 Å². The molecule has 0 spiro atoms. The first kappa shape index (κ1) is 14.3. The lowest BCUT2D eigenvalue weighted by atomic mass is 9.87. The number of hydrazine groups is 1. The number of nitrogens with two attached hydrogens (primary N) is 1. The van der Waals surface area contributed by atoms with Gasteiger partial charge in [-0.2, -0.15) is 0 Å². The number of hydrogen-bond acceptors (Lipinski definition) is 3. The number of nitrogens with one attached hydrogen (secondary N) is 1. The first-order valence-corrected chi connectivity index (χ1v) is 6.95. The van der Waals surface area contributed by atoms with E-state index in [1.165, 1.54) is 26.4 Å². The van der Waals surface area contributed by atoms with Crippen LogP contribution in [0.3, 0.4) is 0 Å². The van der Waals surface area contributed by atoms with Crippen molar-refractivity contribution in [2.75, 3.05) is 7.11 Å². The molecule has 0 radical (unpaired) electrons. The summed E-state index contributed by atoms with van der Waals surface area (Å²) in [6, 6.07) is 5.39. The molecule has 0 aliphatic heterocycles. The second-order valence-corrected chi connectivity index (χ2v) is 5.48. The van der Waals surface area contributed by atoms with Crippen LogP contribution in [0.25, 0.3) is 0 Å². The zero-order chi connectivity index (χ0) is 13.8. The van der Waals surface area contributed by atoms with Gasteiger partial charge in [-0.3, -0.25) is 11.3 Å². The van der Waals surface area contributed by atoms with Crippen molar-refractivity contribution in [1.29, 1.82) is 0 Å². The fourth-order valence-corrected chi connectivity index (χ4v) is 3.21. The largest absolute Gasteiger partial charge is 0.494 e. The molecule has 1 fully saturated rings. The lowest BCUT2D eigenvalue weighted by Gasteiger charge is -2.26. The molecule has 2 rings (SSSR count). The Kier molecular flexibility index (Phi) is 4.77. The van der Waals surface area contributed by atoms with Gasteiger partial charge in [-0.1, -0.05) is 31.9 Å². The highest BCUT2D eigenvalue weighted by atomic mass is 19.1. The van der Waals surface area contributed by atoms with Gasteiger partial charge in [0.1, 0.15) is 0 Å². The van der Waals surface area contributed by atoms with E-state index in [0.29, 0.717) is 29.6 Å². The van der Waals surface area contributed by atoms with Gasteiger partial charge in [-0.25, -0.2) is 4.39 Å². The zero-order valence-corrected chi connectivity index (χ0v) is 11.7. The molecule has 4 heteroatoms. The van der Waals surface area contributed by atoms with E-state index in [0.717, 1.165) is 0 Å². The van der Waals surface area contributed by atoms with Crippen LogP contribution in [0.5, 0.6) is 5.75 Å². The minimum Gasteiger partial charge on any atom is -0.494 e. The number of halogens is 1. The van der Waals surface area contributed by atoms with Crippen molar-refractivity contribution in [3.8, 4) is 5.75 Å². The molecule has 3 nitrogen and oxygen atoms in total. The number of benzene rings is 1. The summed E-state index contributed by atoms with van der Waals surface area (Å²) in [6.07, 6.45) is 4.25. The van der Waals surface area contributed by atoms with E-state index in [1.807, 2.05) is 12.1 Å². The Morgan fingerprint density at radius 3 is 2.84 bits per heavy atom. The molecule has 0 amide bonds. The minimum absolute atomic E-state index is 0.124. The molecule has 0 saturated heterocycles. The molecule has 0 aromatic heterocycles. The van der Waals surface area contributed by atoms with Gasteiger partial charge in [0, 0.05) is 6.04 Å². The number of rotatable bonds is 5. The molecule has 19 heavy (non-hydrogen) atoms. The maximum atomic E-state index is 14.2. The maximum Gasteiger partial charge on any atom is 0.168 e. The Labute approximate surface area is 114 Å². The van der Waals surface area contributed by atoms with E-state index in [-0.39, 0.29) is 11.9 Å². The normalized spacial score (nSPS) is 24.4. The van der Waals surface area contributed by atoms with Crippen LogP contribution < -0.4 is 16.0 Å². The van der Waals surface area contributed by atoms with Crippen molar-refractivity contribution >= 4 is 0 Å². The molecule has 1 aromatic rings. The van der Waals surface area contributed by atoms with Crippen molar-refractivity contribution in [2.45, 2.75) is 38.6 Å². The van der Waals surface area contributed by atoms with Crippen molar-refractivity contribution in [3.05, 3.63) is 29.6 Å². The minimum atomic E-state index is -0.268. The highest BCUT2D eigenvalue weighted by Gasteiger charge is 2.31. The van der Waals surface area contributed by atoms with Crippen LogP contribution in [0.15, 0.2) is 18.2 Å². The molecule has 1 aromatic carbocycles. The quantitative estimate of drug-likeness (QED) is 0.636. The van der Waals surface area contributed by atoms with Gasteiger partial charge < -0.3 is 4.74 Å². The topological polar surface area (TPSA) is 47.3 Å². The van der Waals surface area contributed by atoms with Crippen molar-refractivity contribution in [1.82, 2.24) is 5.43 Å². The first-order valence-electron chi connectivity index (χ1n) is 6.95. The standard InChI is InChI=1S/C15H23FN2O/c1-10-5-3-7-12(10)13(18-17)9-11-6-4-8-14(19-2)15(11)16/h4,6,8,10,12-13,18H,3,5,7,9,17H2,1-2H3. The van der Waals surface area contributed by atoms with E-state index in [2.05, 4.69) is 12.3 Å². The Morgan fingerprint density at radius 2 is 2.26 bits per heavy atom. The third kappa shape index (κ3) is 3.07. The number of hydrogen-bond donors (Lipinski definition) is 2. The number of methoxy groups -OCH3 is 1. The predicted molar refractivity (Wildman–Crippen MR) is 74.3 cm³/mol. The SMILES string of the molecule is COc1cccc(CC(NN)C2CCCC2C)c1F. The molecule has 106 valence electrons. The van der Waals surface area contributed by atoms with Gasteiger partial charge in [0.2, 0.25) is 0 Å². The fraction of sp³-hybridized carbons (Fsp3) is 0.600. The van der Waals surface area contributed by atoms with Gasteiger partial charge in [-0.15, -0.1) is 0 Å². The fourth-order valence-electron chi connectivity index (χ4n) is 3.21. The smallest absolute Gasteiger partial charge is 0.168 e. The summed E-state index contributed by atoms with van der Waals surface area (Å²) >= 11 is 0. The molecule has 3 atom stereocenters. The highest BCUT2D eigenvalue weighted by molar-refractivity contribution is 5.31. The summed E-state index contributed by atoms with van der Waals surface area (Å²) in [5.41, 5.74) is 3.55. The summed E-state index contributed by atoms with van der Waals surface area (Å²) in [6.45, 7) is 2.25. The van der Waals surface area contributed by atoms with Gasteiger partial charge in [-0.05, 0) is 36.3 Å². The van der Waals surface area contributed by atoms with Gasteiger partial charge in [0.25, 0.3) is 0 Å². The monoisotopic (exact) mass is 266 g/mol. The Bertz CT molecular complexity index is 425. The maximum absolute atomic E-state index is 14.2. The van der Waals surface area contributed by atoms with Crippen LogP contribution in [0.2, 0.25) is 0 Å². The zero-order valence-electron chi connectivity index (χ0n) is 11.7. The first-order chi connectivity index (χ1) is 9.17. The van der Waals surface area contributed by atoms with Crippen LogP contribution >= 0.6 is 0 Å². The van der Waals surface area contributed by atoms with Crippen LogP contribution in [0, 0.1) is 17.7 Å². The second kappa shape index (κ2) is 6.35. The lowest BCUT2D eigenvalue weighted by Crippen LogP contribution is -2.43. The summed E-state index contributed by atoms with van der Waals surface area (Å²) in [5, 5.41) is 0. The Hall–Kier alpha value is -1.13. The third-order valence-corrected chi connectivity index (χ3v) is 4.36. The van der Waals surface area contributed by atoms with Crippen LogP contribution in [0.1, 0.15) is 31.7 Å². The summed E-state index contributed by atoms with van der Waals surface area (Å²) in [5.74, 6) is 6.88. The Balaban J connectivity index is 2.14. The van der Waals surface area contributed by atoms with Crippen molar-refractivity contribution < 1.29 is 9.13 Å². The predicted octanol–water partition coefficient (Wildman–Crippen LogP) is 2.64. The summed E-state index contributed by atoms with van der Waals surface area (Å²) in [4.78, 5) is 0. The number of ether oxygens (including phenoxy) is 1. The van der Waals surface area contributed by atoms with Gasteiger partial charge in [0.15, 0.2) is 11.6 Å². The van der Waals surface area contributed by atoms with Crippen molar-refractivity contribution in [2.24, 2.45) is 17.7 Å². The average molecular weight is 266 g/mol. The molecular weight excluding hydrogens is 243 g/mol. The molecule has 0 heterocycles. The van der Waals surface area contributed by atoms with E-state index < -0.39 is 0 Å². The molecule has 0 bridgehead atoms. The van der Waals surface area contributed by atoms with E-state index in [1.54, 1.807) is 6.07 Å². The summed E-state index contributed by atoms with van der Waals surface area (Å²) in [7, 11) is 1.49. The molecular formula is C15H23FN2O. The van der Waals surface area contributed by atoms with Crippen LogP contribution in [0.4, 0.5) is 4.39 Å². The highest BCUT2D eigenvalue weighted by Crippen LogP contribution is 2.35. The second-order valence-electron chi connectivity index (χ2n) is 5.48.